The number of para-hydroxylation sites is 1. The summed E-state index contributed by atoms with van der Waals surface area (Å²) in [6, 6.07) is 11.6. The van der Waals surface area contributed by atoms with Crippen LogP contribution in [0.2, 0.25) is 5.02 Å². The van der Waals surface area contributed by atoms with E-state index in [1.165, 1.54) is 30.0 Å². The molecule has 2 aromatic carbocycles. The summed E-state index contributed by atoms with van der Waals surface area (Å²) in [5.41, 5.74) is 1.89. The second-order valence-corrected chi connectivity index (χ2v) is 7.86. The Bertz CT molecular complexity index is 1070. The number of hydrogen-bond acceptors (Lipinski definition) is 5. The van der Waals surface area contributed by atoms with Crippen molar-refractivity contribution in [2.24, 2.45) is 0 Å². The topological polar surface area (TPSA) is 69.0 Å². The number of halogens is 2. The number of nitrogens with one attached hydrogen (secondary N) is 1. The van der Waals surface area contributed by atoms with Crippen LogP contribution in [-0.2, 0) is 24.4 Å². The molecule has 0 atom stereocenters. The first-order chi connectivity index (χ1) is 15.0. The number of thioether (sulfide) groups is 1. The molecular formula is C22H22ClFN4O2S. The van der Waals surface area contributed by atoms with E-state index in [1.807, 2.05) is 35.8 Å². The molecule has 162 valence electrons. The van der Waals surface area contributed by atoms with Crippen LogP contribution in [-0.4, -0.2) is 26.4 Å². The minimum absolute atomic E-state index is 0.0861. The van der Waals surface area contributed by atoms with Gasteiger partial charge < -0.3 is 10.1 Å². The zero-order valence-electron chi connectivity index (χ0n) is 17.0. The Morgan fingerprint density at radius 3 is 2.87 bits per heavy atom. The number of nitrogens with zero attached hydrogens (tertiary/aromatic N) is 3. The van der Waals surface area contributed by atoms with Gasteiger partial charge in [0.05, 0.1) is 10.8 Å². The molecule has 3 aromatic rings. The van der Waals surface area contributed by atoms with Gasteiger partial charge in [-0.3, -0.25) is 9.36 Å². The highest BCUT2D eigenvalue weighted by molar-refractivity contribution is 7.99. The lowest BCUT2D eigenvalue weighted by Crippen LogP contribution is -2.16. The standard InChI is InChI=1S/C22H22ClFN4O2S/c1-3-11-28-20(13-30-19-10-9-16(24)12-17(19)23)26-27-22(28)31-14-21(29)25-18-8-6-5-7-15(18)4-2/h3,5-10,12H,1,4,11,13-14H2,2H3,(H,25,29). The van der Waals surface area contributed by atoms with E-state index < -0.39 is 5.82 Å². The predicted octanol–water partition coefficient (Wildman–Crippen LogP) is 5.13. The summed E-state index contributed by atoms with van der Waals surface area (Å²) >= 11 is 7.28. The lowest BCUT2D eigenvalue weighted by atomic mass is 10.1. The van der Waals surface area contributed by atoms with Crippen LogP contribution in [0.3, 0.4) is 0 Å². The molecule has 6 nitrogen and oxygen atoms in total. The fourth-order valence-corrected chi connectivity index (χ4v) is 3.83. The van der Waals surface area contributed by atoms with Crippen molar-refractivity contribution in [2.45, 2.75) is 31.7 Å². The van der Waals surface area contributed by atoms with Gasteiger partial charge in [-0.25, -0.2) is 4.39 Å². The number of allylic oxidation sites excluding steroid dienone is 1. The average Bonchev–Trinajstić information content (AvgIpc) is 3.14. The number of benzene rings is 2. The number of aryl methyl sites for hydroxylation is 1. The van der Waals surface area contributed by atoms with Crippen LogP contribution in [0, 0.1) is 5.82 Å². The number of carbonyl (C=O) groups excluding carboxylic acids is 1. The predicted molar refractivity (Wildman–Crippen MR) is 121 cm³/mol. The summed E-state index contributed by atoms with van der Waals surface area (Å²) in [4.78, 5) is 12.4. The minimum atomic E-state index is -0.439. The van der Waals surface area contributed by atoms with Crippen molar-refractivity contribution in [3.63, 3.8) is 0 Å². The molecule has 0 bridgehead atoms. The third kappa shape index (κ3) is 6.08. The third-order valence-corrected chi connectivity index (χ3v) is 5.62. The Hall–Kier alpha value is -2.84. The van der Waals surface area contributed by atoms with Crippen LogP contribution < -0.4 is 10.1 Å². The molecule has 0 aliphatic heterocycles. The molecule has 9 heteroatoms. The van der Waals surface area contributed by atoms with Crippen LogP contribution >= 0.6 is 23.4 Å². The van der Waals surface area contributed by atoms with Crippen molar-refractivity contribution in [3.05, 3.63) is 77.3 Å². The van der Waals surface area contributed by atoms with E-state index in [1.54, 1.807) is 6.08 Å². The Kier molecular flexibility index (Phi) is 8.08. The molecule has 0 spiro atoms. The highest BCUT2D eigenvalue weighted by atomic mass is 35.5. The fourth-order valence-electron chi connectivity index (χ4n) is 2.85. The van der Waals surface area contributed by atoms with Gasteiger partial charge in [0, 0.05) is 12.2 Å². The van der Waals surface area contributed by atoms with Gasteiger partial charge in [-0.1, -0.05) is 54.6 Å². The number of anilines is 1. The van der Waals surface area contributed by atoms with Crippen LogP contribution in [0.15, 0.2) is 60.3 Å². The molecule has 0 fully saturated rings. The summed E-state index contributed by atoms with van der Waals surface area (Å²) in [5, 5.41) is 12.0. The molecule has 0 saturated carbocycles. The number of aromatic nitrogens is 3. The summed E-state index contributed by atoms with van der Waals surface area (Å²) < 4.78 is 20.7. The number of hydrogen-bond donors (Lipinski definition) is 1. The third-order valence-electron chi connectivity index (χ3n) is 4.36. The Morgan fingerprint density at radius 1 is 1.32 bits per heavy atom. The van der Waals surface area contributed by atoms with Gasteiger partial charge in [0.1, 0.15) is 18.2 Å². The van der Waals surface area contributed by atoms with Crippen LogP contribution in [0.4, 0.5) is 10.1 Å². The molecule has 1 heterocycles. The molecule has 1 aromatic heterocycles. The molecular weight excluding hydrogens is 439 g/mol. The smallest absolute Gasteiger partial charge is 0.234 e. The molecule has 31 heavy (non-hydrogen) atoms. The van der Waals surface area contributed by atoms with Gasteiger partial charge in [-0.2, -0.15) is 0 Å². The van der Waals surface area contributed by atoms with E-state index in [0.717, 1.165) is 17.7 Å². The average molecular weight is 461 g/mol. The highest BCUT2D eigenvalue weighted by Crippen LogP contribution is 2.26. The van der Waals surface area contributed by atoms with Crippen molar-refractivity contribution >= 4 is 35.0 Å². The molecule has 0 aliphatic carbocycles. The first kappa shape index (κ1) is 22.8. The SMILES string of the molecule is C=CCn1c(COc2ccc(F)cc2Cl)nnc1SCC(=O)Nc1ccccc1CC. The molecule has 0 aliphatic rings. The molecule has 3 rings (SSSR count). The van der Waals surface area contributed by atoms with E-state index in [2.05, 4.69) is 22.1 Å². The van der Waals surface area contributed by atoms with Crippen molar-refractivity contribution in [1.82, 2.24) is 14.8 Å². The van der Waals surface area contributed by atoms with Crippen molar-refractivity contribution < 1.29 is 13.9 Å². The van der Waals surface area contributed by atoms with Gasteiger partial charge in [0.25, 0.3) is 0 Å². The van der Waals surface area contributed by atoms with E-state index in [9.17, 15) is 9.18 Å². The fraction of sp³-hybridized carbons (Fsp3) is 0.227. The summed E-state index contributed by atoms with van der Waals surface area (Å²) in [5.74, 6) is 0.498. The second-order valence-electron chi connectivity index (χ2n) is 6.51. The minimum Gasteiger partial charge on any atom is -0.484 e. The van der Waals surface area contributed by atoms with Crippen LogP contribution in [0.5, 0.6) is 5.75 Å². The van der Waals surface area contributed by atoms with Gasteiger partial charge in [-0.05, 0) is 36.2 Å². The molecule has 0 saturated heterocycles. The summed E-state index contributed by atoms with van der Waals surface area (Å²) in [6.07, 6.45) is 2.54. The molecule has 1 N–H and O–H groups in total. The van der Waals surface area contributed by atoms with Gasteiger partial charge in [-0.15, -0.1) is 16.8 Å². The Balaban J connectivity index is 1.64. The van der Waals surface area contributed by atoms with Crippen LogP contribution in [0.25, 0.3) is 0 Å². The number of carbonyl (C=O) groups is 1. The zero-order chi connectivity index (χ0) is 22.2. The lowest BCUT2D eigenvalue weighted by molar-refractivity contribution is -0.113. The van der Waals surface area contributed by atoms with Crippen molar-refractivity contribution in [1.29, 1.82) is 0 Å². The highest BCUT2D eigenvalue weighted by Gasteiger charge is 2.15. The number of amides is 1. The van der Waals surface area contributed by atoms with Gasteiger partial charge in [0.15, 0.2) is 11.0 Å². The monoisotopic (exact) mass is 460 g/mol. The van der Waals surface area contributed by atoms with Crippen LogP contribution in [0.1, 0.15) is 18.3 Å². The summed E-state index contributed by atoms with van der Waals surface area (Å²) in [6.45, 7) is 6.34. The van der Waals surface area contributed by atoms with E-state index in [4.69, 9.17) is 16.3 Å². The van der Waals surface area contributed by atoms with Gasteiger partial charge in [0.2, 0.25) is 5.91 Å². The first-order valence-electron chi connectivity index (χ1n) is 9.63. The Labute approximate surface area is 189 Å². The maximum atomic E-state index is 13.2. The second kappa shape index (κ2) is 11.0. The zero-order valence-corrected chi connectivity index (χ0v) is 18.5. The first-order valence-corrected chi connectivity index (χ1v) is 11.0. The largest absolute Gasteiger partial charge is 0.484 e. The molecule has 0 radical (unpaired) electrons. The van der Waals surface area contributed by atoms with Gasteiger partial charge >= 0.3 is 0 Å². The van der Waals surface area contributed by atoms with Crippen molar-refractivity contribution in [2.75, 3.05) is 11.1 Å². The van der Waals surface area contributed by atoms with E-state index >= 15 is 0 Å². The maximum Gasteiger partial charge on any atom is 0.234 e. The lowest BCUT2D eigenvalue weighted by Gasteiger charge is -2.11. The van der Waals surface area contributed by atoms with E-state index in [-0.39, 0.29) is 23.3 Å². The number of rotatable bonds is 10. The molecule has 1 amide bonds. The van der Waals surface area contributed by atoms with Crippen molar-refractivity contribution in [3.8, 4) is 5.75 Å². The maximum absolute atomic E-state index is 13.2. The normalized spacial score (nSPS) is 10.7. The number of ether oxygens (including phenoxy) is 1. The Morgan fingerprint density at radius 2 is 2.13 bits per heavy atom. The van der Waals surface area contributed by atoms with E-state index in [0.29, 0.717) is 23.3 Å². The summed E-state index contributed by atoms with van der Waals surface area (Å²) in [7, 11) is 0. The quantitative estimate of drug-likeness (QED) is 0.335. The molecule has 0 unspecified atom stereocenters.